The van der Waals surface area contributed by atoms with Crippen molar-refractivity contribution in [1.29, 1.82) is 0 Å². The normalized spacial score (nSPS) is 10.8. The van der Waals surface area contributed by atoms with Crippen molar-refractivity contribution >= 4 is 22.2 Å². The molecule has 2 heterocycles. The van der Waals surface area contributed by atoms with Crippen LogP contribution in [-0.2, 0) is 17.8 Å². The number of aromatic nitrogens is 4. The van der Waals surface area contributed by atoms with Crippen LogP contribution >= 0.6 is 11.3 Å². The first-order valence-electron chi connectivity index (χ1n) is 6.80. The number of nitrogens with zero attached hydrogens (tertiary/aromatic N) is 4. The highest BCUT2D eigenvalue weighted by atomic mass is 32.1. The molecule has 0 unspecified atom stereocenters. The van der Waals surface area contributed by atoms with Crippen LogP contribution in [0.2, 0.25) is 0 Å². The maximum atomic E-state index is 11.9. The van der Waals surface area contributed by atoms with Crippen molar-refractivity contribution in [3.05, 3.63) is 41.2 Å². The molecular weight excluding hydrogens is 302 g/mol. The zero-order valence-corrected chi connectivity index (χ0v) is 12.8. The summed E-state index contributed by atoms with van der Waals surface area (Å²) in [5.41, 5.74) is 1.04. The molecule has 3 aromatic rings. The predicted molar refractivity (Wildman–Crippen MR) is 81.8 cm³/mol. The van der Waals surface area contributed by atoms with Gasteiger partial charge in [-0.2, -0.15) is 9.61 Å². The topological polar surface area (TPSA) is 81.4 Å². The first-order chi connectivity index (χ1) is 10.7. The summed E-state index contributed by atoms with van der Waals surface area (Å²) in [6.07, 6.45) is 2.56. The van der Waals surface area contributed by atoms with E-state index in [0.717, 1.165) is 21.3 Å². The fourth-order valence-electron chi connectivity index (χ4n) is 1.95. The van der Waals surface area contributed by atoms with Crippen LogP contribution < -0.4 is 10.1 Å². The number of methoxy groups -OCH3 is 1. The Kier molecular flexibility index (Phi) is 4.29. The Balaban J connectivity index is 1.46. The van der Waals surface area contributed by atoms with Gasteiger partial charge < -0.3 is 10.1 Å². The number of hydrogen-bond donors (Lipinski definition) is 1. The lowest BCUT2D eigenvalue weighted by atomic mass is 10.2. The van der Waals surface area contributed by atoms with E-state index in [-0.39, 0.29) is 5.91 Å². The summed E-state index contributed by atoms with van der Waals surface area (Å²) in [6.45, 7) is 0.508. The number of benzene rings is 1. The lowest BCUT2D eigenvalue weighted by Gasteiger charge is -2.05. The number of carbonyl (C=O) groups excluding carboxylic acids is 1. The molecular formula is C14H15N5O2S. The van der Waals surface area contributed by atoms with E-state index in [1.54, 1.807) is 18.0 Å². The standard InChI is InChI=1S/C14H15N5O2S/c1-21-11-4-2-10(3-5-11)8-15-12(20)6-7-13-18-19-9-16-17-14(19)22-13/h2-5,9H,6-8H2,1H3,(H,15,20). The van der Waals surface area contributed by atoms with E-state index in [2.05, 4.69) is 20.6 Å². The van der Waals surface area contributed by atoms with Crippen molar-refractivity contribution in [2.24, 2.45) is 0 Å². The Labute approximate surface area is 130 Å². The van der Waals surface area contributed by atoms with Gasteiger partial charge in [-0.3, -0.25) is 4.79 Å². The summed E-state index contributed by atoms with van der Waals surface area (Å²) in [5, 5.41) is 15.7. The molecule has 1 amide bonds. The van der Waals surface area contributed by atoms with Crippen molar-refractivity contribution in [1.82, 2.24) is 25.1 Å². The van der Waals surface area contributed by atoms with Crippen molar-refractivity contribution in [2.75, 3.05) is 7.11 Å². The van der Waals surface area contributed by atoms with Gasteiger partial charge in [0.2, 0.25) is 10.9 Å². The molecule has 114 valence electrons. The number of hydrogen-bond acceptors (Lipinski definition) is 6. The van der Waals surface area contributed by atoms with Crippen molar-refractivity contribution in [2.45, 2.75) is 19.4 Å². The first-order valence-corrected chi connectivity index (χ1v) is 7.61. The van der Waals surface area contributed by atoms with Crippen molar-refractivity contribution < 1.29 is 9.53 Å². The minimum Gasteiger partial charge on any atom is -0.497 e. The van der Waals surface area contributed by atoms with Crippen LogP contribution in [-0.4, -0.2) is 32.8 Å². The molecule has 2 aromatic heterocycles. The van der Waals surface area contributed by atoms with E-state index in [1.165, 1.54) is 11.3 Å². The highest BCUT2D eigenvalue weighted by molar-refractivity contribution is 7.16. The van der Waals surface area contributed by atoms with E-state index >= 15 is 0 Å². The van der Waals surface area contributed by atoms with Gasteiger partial charge >= 0.3 is 0 Å². The molecule has 0 aliphatic heterocycles. The van der Waals surface area contributed by atoms with Crippen LogP contribution in [0.4, 0.5) is 0 Å². The van der Waals surface area contributed by atoms with Crippen molar-refractivity contribution in [3.8, 4) is 5.75 Å². The molecule has 1 N–H and O–H groups in total. The van der Waals surface area contributed by atoms with Crippen LogP contribution in [0.5, 0.6) is 5.75 Å². The average molecular weight is 317 g/mol. The van der Waals surface area contributed by atoms with E-state index in [9.17, 15) is 4.79 Å². The fourth-order valence-corrected chi connectivity index (χ4v) is 2.77. The Morgan fingerprint density at radius 1 is 1.36 bits per heavy atom. The Morgan fingerprint density at radius 3 is 2.91 bits per heavy atom. The molecule has 22 heavy (non-hydrogen) atoms. The third-order valence-corrected chi connectivity index (χ3v) is 4.12. The Morgan fingerprint density at radius 2 is 2.18 bits per heavy atom. The second-order valence-corrected chi connectivity index (χ2v) is 5.72. The number of ether oxygens (including phenoxy) is 1. The van der Waals surface area contributed by atoms with E-state index in [4.69, 9.17) is 4.74 Å². The van der Waals surface area contributed by atoms with Gasteiger partial charge in [0.1, 0.15) is 17.1 Å². The SMILES string of the molecule is COc1ccc(CNC(=O)CCc2nn3cnnc3s2)cc1. The smallest absolute Gasteiger partial charge is 0.234 e. The maximum Gasteiger partial charge on any atom is 0.234 e. The summed E-state index contributed by atoms with van der Waals surface area (Å²) in [6, 6.07) is 7.62. The highest BCUT2D eigenvalue weighted by Gasteiger charge is 2.08. The summed E-state index contributed by atoms with van der Waals surface area (Å²) in [7, 11) is 1.63. The van der Waals surface area contributed by atoms with Crippen LogP contribution in [0.3, 0.4) is 0 Å². The third-order valence-electron chi connectivity index (χ3n) is 3.14. The minimum absolute atomic E-state index is 0.00165. The largest absolute Gasteiger partial charge is 0.497 e. The molecule has 0 fully saturated rings. The molecule has 0 spiro atoms. The highest BCUT2D eigenvalue weighted by Crippen LogP contribution is 2.13. The first kappa shape index (κ1) is 14.5. The molecule has 0 saturated carbocycles. The molecule has 0 aliphatic rings. The summed E-state index contributed by atoms with van der Waals surface area (Å²) in [4.78, 5) is 12.6. The van der Waals surface area contributed by atoms with E-state index in [1.807, 2.05) is 24.3 Å². The van der Waals surface area contributed by atoms with Gasteiger partial charge in [0.25, 0.3) is 0 Å². The molecule has 0 saturated heterocycles. The minimum atomic E-state index is 0.00165. The van der Waals surface area contributed by atoms with E-state index < -0.39 is 0 Å². The zero-order chi connectivity index (χ0) is 15.4. The molecule has 8 heteroatoms. The molecule has 1 aromatic carbocycles. The maximum absolute atomic E-state index is 11.9. The van der Waals surface area contributed by atoms with E-state index in [0.29, 0.717) is 19.4 Å². The van der Waals surface area contributed by atoms with Gasteiger partial charge in [-0.1, -0.05) is 23.5 Å². The number of fused-ring (bicyclic) bond motifs is 1. The van der Waals surface area contributed by atoms with Crippen LogP contribution in [0.15, 0.2) is 30.6 Å². The molecule has 0 radical (unpaired) electrons. The van der Waals surface area contributed by atoms with Gasteiger partial charge in [-0.05, 0) is 17.7 Å². The summed E-state index contributed by atoms with van der Waals surface area (Å²) in [5.74, 6) is 0.806. The lowest BCUT2D eigenvalue weighted by Crippen LogP contribution is -2.22. The molecule has 3 rings (SSSR count). The number of amides is 1. The van der Waals surface area contributed by atoms with Gasteiger partial charge in [-0.25, -0.2) is 0 Å². The van der Waals surface area contributed by atoms with Crippen LogP contribution in [0.1, 0.15) is 17.0 Å². The average Bonchev–Trinajstić information content (AvgIpc) is 3.12. The quantitative estimate of drug-likeness (QED) is 0.744. The fraction of sp³-hybridized carbons (Fsp3) is 0.286. The van der Waals surface area contributed by atoms with Crippen LogP contribution in [0, 0.1) is 0 Å². The van der Waals surface area contributed by atoms with Gasteiger partial charge in [0, 0.05) is 19.4 Å². The molecule has 0 atom stereocenters. The van der Waals surface area contributed by atoms with Gasteiger partial charge in [0.15, 0.2) is 0 Å². The second-order valence-electron chi connectivity index (χ2n) is 4.68. The zero-order valence-electron chi connectivity index (χ0n) is 12.0. The number of aryl methyl sites for hydroxylation is 1. The number of nitrogens with one attached hydrogen (secondary N) is 1. The third kappa shape index (κ3) is 3.40. The number of carbonyl (C=O) groups is 1. The number of rotatable bonds is 6. The van der Waals surface area contributed by atoms with Crippen molar-refractivity contribution in [3.63, 3.8) is 0 Å². The predicted octanol–water partition coefficient (Wildman–Crippen LogP) is 1.44. The van der Waals surface area contributed by atoms with Crippen LogP contribution in [0.25, 0.3) is 4.96 Å². The monoisotopic (exact) mass is 317 g/mol. The summed E-state index contributed by atoms with van der Waals surface area (Å²) < 4.78 is 6.72. The lowest BCUT2D eigenvalue weighted by molar-refractivity contribution is -0.121. The molecule has 7 nitrogen and oxygen atoms in total. The Bertz CT molecular complexity index is 736. The van der Waals surface area contributed by atoms with Gasteiger partial charge in [-0.15, -0.1) is 10.2 Å². The Hall–Kier alpha value is -2.48. The van der Waals surface area contributed by atoms with Gasteiger partial charge in [0.05, 0.1) is 7.11 Å². The second kappa shape index (κ2) is 6.52. The summed E-state index contributed by atoms with van der Waals surface area (Å²) >= 11 is 1.45. The molecule has 0 bridgehead atoms. The molecule has 0 aliphatic carbocycles.